The predicted octanol–water partition coefficient (Wildman–Crippen LogP) is 3.58. The molecule has 0 spiro atoms. The number of fused-ring (bicyclic) bond motifs is 1. The van der Waals surface area contributed by atoms with Crippen LogP contribution in [0.15, 0.2) is 24.4 Å². The Morgan fingerprint density at radius 2 is 1.89 bits per heavy atom. The van der Waals surface area contributed by atoms with Gasteiger partial charge in [-0.2, -0.15) is 18.2 Å². The van der Waals surface area contributed by atoms with Gasteiger partial charge in [0.15, 0.2) is 0 Å². The van der Waals surface area contributed by atoms with Crippen molar-refractivity contribution in [1.82, 2.24) is 14.9 Å². The fraction of sp³-hybridized carbons (Fsp3) is 0.542. The van der Waals surface area contributed by atoms with Gasteiger partial charge in [0.2, 0.25) is 5.95 Å². The van der Waals surface area contributed by atoms with Crippen molar-refractivity contribution in [2.45, 2.75) is 76.4 Å². The number of hydrogen-bond acceptors (Lipinski definition) is 7. The summed E-state index contributed by atoms with van der Waals surface area (Å²) in [6, 6.07) is 5.47. The molecule has 2 aromatic rings. The second-order valence-electron chi connectivity index (χ2n) is 9.85. The smallest absolute Gasteiger partial charge is 0.381 e. The van der Waals surface area contributed by atoms with Crippen LogP contribution in [0, 0.1) is 0 Å². The lowest BCUT2D eigenvalue weighted by atomic mass is 9.92. The third-order valence-corrected chi connectivity index (χ3v) is 6.49. The molecule has 8 nitrogen and oxygen atoms in total. The molecule has 0 saturated heterocycles. The average molecular weight is 493 g/mol. The summed E-state index contributed by atoms with van der Waals surface area (Å²) in [5, 5.41) is 16.0. The van der Waals surface area contributed by atoms with Crippen LogP contribution in [-0.4, -0.2) is 50.1 Å². The second-order valence-corrected chi connectivity index (χ2v) is 9.85. The minimum Gasteiger partial charge on any atom is -0.381 e. The predicted molar refractivity (Wildman–Crippen MR) is 126 cm³/mol. The Morgan fingerprint density at radius 3 is 2.54 bits per heavy atom. The Morgan fingerprint density at radius 1 is 1.17 bits per heavy atom. The van der Waals surface area contributed by atoms with Gasteiger partial charge in [-0.3, -0.25) is 4.79 Å². The molecule has 1 aromatic carbocycles. The maximum atomic E-state index is 13.6. The van der Waals surface area contributed by atoms with E-state index in [9.17, 15) is 23.1 Å². The molecule has 11 heteroatoms. The minimum atomic E-state index is -4.58. The van der Waals surface area contributed by atoms with E-state index < -0.39 is 17.3 Å². The van der Waals surface area contributed by atoms with Gasteiger partial charge in [0, 0.05) is 37.1 Å². The highest BCUT2D eigenvalue weighted by Gasteiger charge is 2.36. The molecule has 2 aliphatic rings. The van der Waals surface area contributed by atoms with Crippen molar-refractivity contribution in [3.63, 3.8) is 0 Å². The Balaban J connectivity index is 1.51. The number of nitrogens with two attached hydrogens (primary N) is 1. The number of aromatic nitrogens is 2. The Bertz CT molecular complexity index is 1080. The molecule has 1 amide bonds. The summed E-state index contributed by atoms with van der Waals surface area (Å²) in [6.45, 7) is 3.78. The first-order valence-corrected chi connectivity index (χ1v) is 11.8. The van der Waals surface area contributed by atoms with Gasteiger partial charge in [-0.1, -0.05) is 6.07 Å². The van der Waals surface area contributed by atoms with Crippen LogP contribution in [-0.2, 0) is 23.9 Å². The Labute approximate surface area is 202 Å². The summed E-state index contributed by atoms with van der Waals surface area (Å²) in [4.78, 5) is 22.1. The number of carbonyl (C=O) groups excluding carboxylic acids is 1. The van der Waals surface area contributed by atoms with Crippen LogP contribution in [0.2, 0.25) is 0 Å². The van der Waals surface area contributed by atoms with Gasteiger partial charge in [-0.15, -0.1) is 0 Å². The first-order chi connectivity index (χ1) is 16.4. The van der Waals surface area contributed by atoms with Crippen LogP contribution in [0.4, 0.5) is 30.6 Å². The number of nitrogens with one attached hydrogen (secondary N) is 2. The second kappa shape index (κ2) is 9.62. The van der Waals surface area contributed by atoms with Crippen molar-refractivity contribution >= 4 is 23.4 Å². The number of halogens is 3. The van der Waals surface area contributed by atoms with E-state index in [-0.39, 0.29) is 29.8 Å². The molecule has 0 radical (unpaired) electrons. The van der Waals surface area contributed by atoms with E-state index in [2.05, 4.69) is 20.6 Å². The molecule has 35 heavy (non-hydrogen) atoms. The zero-order valence-corrected chi connectivity index (χ0v) is 19.8. The van der Waals surface area contributed by atoms with Gasteiger partial charge < -0.3 is 26.4 Å². The molecule has 2 heterocycles. The summed E-state index contributed by atoms with van der Waals surface area (Å²) >= 11 is 0. The van der Waals surface area contributed by atoms with Crippen molar-refractivity contribution in [3.8, 4) is 0 Å². The van der Waals surface area contributed by atoms with Gasteiger partial charge in [0.1, 0.15) is 17.0 Å². The maximum absolute atomic E-state index is 13.6. The molecule has 5 N–H and O–H groups in total. The highest BCUT2D eigenvalue weighted by molar-refractivity contribution is 5.84. The van der Waals surface area contributed by atoms with Crippen LogP contribution in [0.5, 0.6) is 0 Å². The number of nitrogens with zero attached hydrogens (tertiary/aromatic N) is 3. The topological polar surface area (TPSA) is 116 Å². The summed E-state index contributed by atoms with van der Waals surface area (Å²) in [5.74, 6) is -0.514. The number of aliphatic hydroxyl groups is 1. The Hall–Kier alpha value is -2.92. The molecule has 1 aliphatic heterocycles. The summed E-state index contributed by atoms with van der Waals surface area (Å²) in [6.07, 6.45) is -0.315. The molecule has 4 rings (SSSR count). The fourth-order valence-electron chi connectivity index (χ4n) is 4.54. The third kappa shape index (κ3) is 6.02. The van der Waals surface area contributed by atoms with Crippen molar-refractivity contribution in [2.24, 2.45) is 5.73 Å². The van der Waals surface area contributed by atoms with E-state index in [1.165, 1.54) is 13.8 Å². The van der Waals surface area contributed by atoms with Gasteiger partial charge in [-0.05, 0) is 69.2 Å². The monoisotopic (exact) mass is 492 g/mol. The van der Waals surface area contributed by atoms with Crippen LogP contribution in [0.25, 0.3) is 0 Å². The van der Waals surface area contributed by atoms with Gasteiger partial charge in [0.25, 0.3) is 5.91 Å². The quantitative estimate of drug-likeness (QED) is 0.504. The third-order valence-electron chi connectivity index (χ3n) is 6.49. The minimum absolute atomic E-state index is 0.0580. The molecule has 1 aliphatic carbocycles. The molecule has 1 aromatic heterocycles. The molecule has 0 unspecified atom stereocenters. The molecule has 0 atom stereocenters. The lowest BCUT2D eigenvalue weighted by Gasteiger charge is -2.33. The Kier molecular flexibility index (Phi) is 6.92. The lowest BCUT2D eigenvalue weighted by Crippen LogP contribution is -2.47. The van der Waals surface area contributed by atoms with Crippen molar-refractivity contribution in [2.75, 3.05) is 17.2 Å². The van der Waals surface area contributed by atoms with E-state index in [4.69, 9.17) is 5.73 Å². The molecule has 0 bridgehead atoms. The first-order valence-electron chi connectivity index (χ1n) is 11.8. The lowest BCUT2D eigenvalue weighted by molar-refractivity contribution is -0.148. The molecule has 1 fully saturated rings. The van der Waals surface area contributed by atoms with Crippen molar-refractivity contribution < 1.29 is 23.1 Å². The van der Waals surface area contributed by atoms with E-state index in [0.29, 0.717) is 38.0 Å². The molecular weight excluding hydrogens is 461 g/mol. The summed E-state index contributed by atoms with van der Waals surface area (Å²) < 4.78 is 40.7. The molecule has 190 valence electrons. The summed E-state index contributed by atoms with van der Waals surface area (Å²) in [5.41, 5.74) is 6.18. The van der Waals surface area contributed by atoms with E-state index >= 15 is 0 Å². The normalized spacial score (nSPS) is 20.8. The maximum Gasteiger partial charge on any atom is 0.421 e. The number of alkyl halides is 3. The van der Waals surface area contributed by atoms with Crippen molar-refractivity contribution in [1.29, 1.82) is 0 Å². The van der Waals surface area contributed by atoms with Crippen LogP contribution >= 0.6 is 0 Å². The van der Waals surface area contributed by atoms with Crippen LogP contribution < -0.4 is 16.4 Å². The largest absolute Gasteiger partial charge is 0.421 e. The standard InChI is InChI=1S/C24H31F3N6O2/c1-23(2,35)21(34)33-10-9-14-11-18(6-3-15(14)13-33)31-22-29-12-19(24(25,26)27)20(32-22)30-17-7-4-16(28)5-8-17/h3,6,11-12,16-17,35H,4-5,7-10,13,28H2,1-2H3,(H2,29,30,31,32). The van der Waals surface area contributed by atoms with Gasteiger partial charge in [0.05, 0.1) is 0 Å². The fourth-order valence-corrected chi connectivity index (χ4v) is 4.54. The van der Waals surface area contributed by atoms with Gasteiger partial charge >= 0.3 is 6.18 Å². The molecule has 1 saturated carbocycles. The zero-order chi connectivity index (χ0) is 25.4. The number of benzene rings is 1. The number of rotatable bonds is 5. The number of carbonyl (C=O) groups is 1. The van der Waals surface area contributed by atoms with E-state index in [1.807, 2.05) is 12.1 Å². The SMILES string of the molecule is CC(C)(O)C(=O)N1CCc2cc(Nc3ncc(C(F)(F)F)c(NC4CCC(N)CC4)n3)ccc2C1. The van der Waals surface area contributed by atoms with Crippen LogP contribution in [0.1, 0.15) is 56.2 Å². The first kappa shape index (κ1) is 25.2. The highest BCUT2D eigenvalue weighted by Crippen LogP contribution is 2.35. The number of hydrogen-bond donors (Lipinski definition) is 4. The number of anilines is 3. The average Bonchev–Trinajstić information content (AvgIpc) is 2.78. The molecular formula is C24H31F3N6O2. The van der Waals surface area contributed by atoms with E-state index in [1.54, 1.807) is 11.0 Å². The number of amides is 1. The van der Waals surface area contributed by atoms with Crippen molar-refractivity contribution in [3.05, 3.63) is 41.1 Å². The summed E-state index contributed by atoms with van der Waals surface area (Å²) in [7, 11) is 0. The van der Waals surface area contributed by atoms with E-state index in [0.717, 1.165) is 30.2 Å². The highest BCUT2D eigenvalue weighted by atomic mass is 19.4. The van der Waals surface area contributed by atoms with Crippen LogP contribution in [0.3, 0.4) is 0 Å². The van der Waals surface area contributed by atoms with Gasteiger partial charge in [-0.25, -0.2) is 4.98 Å². The zero-order valence-electron chi connectivity index (χ0n) is 19.8.